The van der Waals surface area contributed by atoms with Gasteiger partial charge in [-0.3, -0.25) is 4.90 Å². The number of likely N-dealkylation sites (tertiary alicyclic amines) is 1. The Morgan fingerprint density at radius 1 is 1.38 bits per heavy atom. The molecule has 1 aliphatic heterocycles. The summed E-state index contributed by atoms with van der Waals surface area (Å²) < 4.78 is 36.3. The van der Waals surface area contributed by atoms with Crippen LogP contribution in [0.25, 0.3) is 0 Å². The molecule has 1 rings (SSSR count). The van der Waals surface area contributed by atoms with E-state index in [1.807, 2.05) is 6.92 Å². The molecule has 0 aromatic rings. The van der Waals surface area contributed by atoms with Crippen LogP contribution in [0.4, 0.5) is 13.2 Å². The molecular formula is C10H19F3N2O. The van der Waals surface area contributed by atoms with Crippen molar-refractivity contribution in [3.8, 4) is 0 Å². The van der Waals surface area contributed by atoms with E-state index in [-0.39, 0.29) is 18.7 Å². The first-order valence-corrected chi connectivity index (χ1v) is 5.56. The molecule has 0 aromatic carbocycles. The molecule has 0 amide bonds. The molecular weight excluding hydrogens is 221 g/mol. The zero-order valence-corrected chi connectivity index (χ0v) is 9.43. The third-order valence-electron chi connectivity index (χ3n) is 2.78. The Bertz CT molecular complexity index is 203. The second-order valence-electron chi connectivity index (χ2n) is 4.42. The highest BCUT2D eigenvalue weighted by atomic mass is 19.4. The Hall–Kier alpha value is -0.330. The lowest BCUT2D eigenvalue weighted by Gasteiger charge is -2.33. The average molecular weight is 240 g/mol. The number of alkyl halides is 3. The minimum absolute atomic E-state index is 0.0131. The highest BCUT2D eigenvalue weighted by molar-refractivity contribution is 4.80. The second kappa shape index (κ2) is 5.84. The van der Waals surface area contributed by atoms with Gasteiger partial charge >= 0.3 is 6.18 Å². The molecule has 1 heterocycles. The zero-order chi connectivity index (χ0) is 12.2. The van der Waals surface area contributed by atoms with Gasteiger partial charge < -0.3 is 10.4 Å². The van der Waals surface area contributed by atoms with E-state index in [4.69, 9.17) is 5.11 Å². The number of nitrogens with zero attached hydrogens (tertiary/aromatic N) is 1. The van der Waals surface area contributed by atoms with E-state index in [9.17, 15) is 13.2 Å². The second-order valence-corrected chi connectivity index (χ2v) is 4.42. The lowest BCUT2D eigenvalue weighted by molar-refractivity contribution is -0.148. The Morgan fingerprint density at radius 3 is 2.38 bits per heavy atom. The van der Waals surface area contributed by atoms with E-state index in [2.05, 4.69) is 5.32 Å². The highest BCUT2D eigenvalue weighted by Gasteiger charge is 2.32. The van der Waals surface area contributed by atoms with Crippen molar-refractivity contribution < 1.29 is 18.3 Å². The Labute approximate surface area is 93.6 Å². The van der Waals surface area contributed by atoms with E-state index in [0.717, 1.165) is 0 Å². The van der Waals surface area contributed by atoms with Crippen LogP contribution < -0.4 is 5.32 Å². The summed E-state index contributed by atoms with van der Waals surface area (Å²) in [4.78, 5) is 1.43. The van der Waals surface area contributed by atoms with Crippen LogP contribution in [0.3, 0.4) is 0 Å². The normalized spacial score (nSPS) is 22.3. The molecule has 16 heavy (non-hydrogen) atoms. The van der Waals surface area contributed by atoms with E-state index < -0.39 is 12.7 Å². The number of halogens is 3. The molecule has 1 atom stereocenters. The minimum atomic E-state index is -4.10. The number of piperidine rings is 1. The van der Waals surface area contributed by atoms with Crippen molar-refractivity contribution in [1.82, 2.24) is 10.2 Å². The summed E-state index contributed by atoms with van der Waals surface area (Å²) in [5.41, 5.74) is 0. The van der Waals surface area contributed by atoms with Crippen LogP contribution in [0.2, 0.25) is 0 Å². The Kier molecular flexibility index (Phi) is 5.01. The summed E-state index contributed by atoms with van der Waals surface area (Å²) in [5.74, 6) is 0. The molecule has 0 spiro atoms. The quantitative estimate of drug-likeness (QED) is 0.769. The van der Waals surface area contributed by atoms with Crippen LogP contribution in [0.1, 0.15) is 19.8 Å². The van der Waals surface area contributed by atoms with Crippen LogP contribution in [-0.4, -0.2) is 54.5 Å². The molecule has 1 fully saturated rings. The molecule has 0 bridgehead atoms. The van der Waals surface area contributed by atoms with Gasteiger partial charge in [0.15, 0.2) is 0 Å². The molecule has 2 N–H and O–H groups in total. The molecule has 96 valence electrons. The summed E-state index contributed by atoms with van der Waals surface area (Å²) in [6.45, 7) is 2.05. The fraction of sp³-hybridized carbons (Fsp3) is 1.00. The lowest BCUT2D eigenvalue weighted by Crippen LogP contribution is -2.48. The number of aliphatic hydroxyl groups excluding tert-OH is 1. The van der Waals surface area contributed by atoms with E-state index in [0.29, 0.717) is 25.9 Å². The standard InChI is InChI=1S/C10H19F3N2O/c1-8(6-16)14-9-2-4-15(5-3-9)7-10(11,12)13/h8-9,14,16H,2-7H2,1H3/t8-/m1/s1. The smallest absolute Gasteiger partial charge is 0.395 e. The van der Waals surface area contributed by atoms with Crippen molar-refractivity contribution >= 4 is 0 Å². The summed E-state index contributed by atoms with van der Waals surface area (Å²) >= 11 is 0. The highest BCUT2D eigenvalue weighted by Crippen LogP contribution is 2.19. The number of rotatable bonds is 4. The van der Waals surface area contributed by atoms with Crippen LogP contribution >= 0.6 is 0 Å². The van der Waals surface area contributed by atoms with Gasteiger partial charge in [-0.15, -0.1) is 0 Å². The van der Waals surface area contributed by atoms with Gasteiger partial charge in [-0.1, -0.05) is 0 Å². The SMILES string of the molecule is C[C@H](CO)NC1CCN(CC(F)(F)F)CC1. The molecule has 0 aliphatic carbocycles. The summed E-state index contributed by atoms with van der Waals surface area (Å²) in [6, 6.07) is 0.241. The molecule has 1 saturated heterocycles. The van der Waals surface area contributed by atoms with E-state index >= 15 is 0 Å². The van der Waals surface area contributed by atoms with Gasteiger partial charge in [-0.2, -0.15) is 13.2 Å². The molecule has 0 aromatic heterocycles. The largest absolute Gasteiger partial charge is 0.401 e. The third-order valence-corrected chi connectivity index (χ3v) is 2.78. The maximum atomic E-state index is 12.1. The van der Waals surface area contributed by atoms with Crippen molar-refractivity contribution in [2.24, 2.45) is 0 Å². The first-order valence-electron chi connectivity index (χ1n) is 5.56. The number of hydrogen-bond donors (Lipinski definition) is 2. The third kappa shape index (κ3) is 5.14. The molecule has 0 saturated carbocycles. The molecule has 3 nitrogen and oxygen atoms in total. The predicted molar refractivity (Wildman–Crippen MR) is 55.2 cm³/mol. The van der Waals surface area contributed by atoms with Gasteiger partial charge in [0, 0.05) is 12.1 Å². The van der Waals surface area contributed by atoms with Crippen LogP contribution in [0, 0.1) is 0 Å². The topological polar surface area (TPSA) is 35.5 Å². The van der Waals surface area contributed by atoms with Crippen molar-refractivity contribution in [3.05, 3.63) is 0 Å². The number of hydrogen-bond acceptors (Lipinski definition) is 3. The first-order chi connectivity index (χ1) is 7.40. The fourth-order valence-electron chi connectivity index (χ4n) is 1.97. The zero-order valence-electron chi connectivity index (χ0n) is 9.43. The van der Waals surface area contributed by atoms with Gasteiger partial charge in [0.1, 0.15) is 0 Å². The Morgan fingerprint density at radius 2 is 1.94 bits per heavy atom. The van der Waals surface area contributed by atoms with Gasteiger partial charge in [0.05, 0.1) is 13.2 Å². The molecule has 6 heteroatoms. The van der Waals surface area contributed by atoms with E-state index in [1.54, 1.807) is 0 Å². The molecule has 1 aliphatic rings. The summed E-state index contributed by atoms with van der Waals surface area (Å²) in [7, 11) is 0. The van der Waals surface area contributed by atoms with Gasteiger partial charge in [-0.25, -0.2) is 0 Å². The average Bonchev–Trinajstić information content (AvgIpc) is 2.18. The molecule has 0 radical (unpaired) electrons. The first kappa shape index (κ1) is 13.7. The van der Waals surface area contributed by atoms with Gasteiger partial charge in [0.25, 0.3) is 0 Å². The van der Waals surface area contributed by atoms with E-state index in [1.165, 1.54) is 4.90 Å². The van der Waals surface area contributed by atoms with Crippen molar-refractivity contribution in [1.29, 1.82) is 0 Å². The Balaban J connectivity index is 2.23. The molecule has 0 unspecified atom stereocenters. The summed E-state index contributed by atoms with van der Waals surface area (Å²) in [6.07, 6.45) is -2.68. The monoisotopic (exact) mass is 240 g/mol. The van der Waals surface area contributed by atoms with Crippen molar-refractivity contribution in [3.63, 3.8) is 0 Å². The number of nitrogens with one attached hydrogen (secondary N) is 1. The van der Waals surface area contributed by atoms with Crippen molar-refractivity contribution in [2.75, 3.05) is 26.2 Å². The summed E-state index contributed by atoms with van der Waals surface area (Å²) in [5, 5.41) is 12.0. The number of aliphatic hydroxyl groups is 1. The maximum absolute atomic E-state index is 12.1. The van der Waals surface area contributed by atoms with Crippen LogP contribution in [0.5, 0.6) is 0 Å². The minimum Gasteiger partial charge on any atom is -0.395 e. The van der Waals surface area contributed by atoms with Gasteiger partial charge in [0.2, 0.25) is 0 Å². The maximum Gasteiger partial charge on any atom is 0.401 e. The lowest BCUT2D eigenvalue weighted by atomic mass is 10.0. The van der Waals surface area contributed by atoms with Crippen LogP contribution in [0.15, 0.2) is 0 Å². The van der Waals surface area contributed by atoms with Gasteiger partial charge in [-0.05, 0) is 32.9 Å². The predicted octanol–water partition coefficient (Wildman–Crippen LogP) is 0.984. The van der Waals surface area contributed by atoms with Crippen LogP contribution in [-0.2, 0) is 0 Å². The van der Waals surface area contributed by atoms with Crippen molar-refractivity contribution in [2.45, 2.75) is 38.0 Å². The fourth-order valence-corrected chi connectivity index (χ4v) is 1.97.